The summed E-state index contributed by atoms with van der Waals surface area (Å²) in [5, 5.41) is 0. The molecule has 0 spiro atoms. The molecular weight excluding hydrogens is 266 g/mol. The summed E-state index contributed by atoms with van der Waals surface area (Å²) in [6, 6.07) is 3.98. The molecule has 6 nitrogen and oxygen atoms in total. The van der Waals surface area contributed by atoms with Crippen LogP contribution in [0.3, 0.4) is 0 Å². The van der Waals surface area contributed by atoms with Gasteiger partial charge in [0.05, 0.1) is 13.2 Å². The lowest BCUT2D eigenvalue weighted by atomic mass is 10.0. The first-order valence-electron chi connectivity index (χ1n) is 7.17. The molecule has 2 aromatic heterocycles. The molecule has 6 heteroatoms. The van der Waals surface area contributed by atoms with Crippen molar-refractivity contribution < 1.29 is 4.74 Å². The van der Waals surface area contributed by atoms with E-state index in [1.807, 2.05) is 19.1 Å². The summed E-state index contributed by atoms with van der Waals surface area (Å²) in [6.45, 7) is 5.24. The number of ether oxygens (including phenoxy) is 1. The standard InChI is InChI=1S/C15H19N5O/c1-12-6-14(18-11-17-12)7-13-8-20(4-5-21-9-13)15-2-3-16-10-19-15/h2-3,6,10-11,13H,4-5,7-9H2,1H3/t13-/m1/s1. The fraction of sp³-hybridized carbons (Fsp3) is 0.467. The first kappa shape index (κ1) is 13.9. The highest BCUT2D eigenvalue weighted by Gasteiger charge is 2.20. The zero-order valence-corrected chi connectivity index (χ0v) is 12.1. The van der Waals surface area contributed by atoms with E-state index < -0.39 is 0 Å². The Balaban J connectivity index is 1.70. The molecule has 0 N–H and O–H groups in total. The Bertz CT molecular complexity index is 577. The summed E-state index contributed by atoms with van der Waals surface area (Å²) in [7, 11) is 0. The second-order valence-corrected chi connectivity index (χ2v) is 5.31. The van der Waals surface area contributed by atoms with E-state index in [4.69, 9.17) is 4.74 Å². The van der Waals surface area contributed by atoms with Crippen molar-refractivity contribution in [3.05, 3.63) is 42.4 Å². The van der Waals surface area contributed by atoms with Gasteiger partial charge in [-0.05, 0) is 25.5 Å². The Morgan fingerprint density at radius 3 is 3.05 bits per heavy atom. The molecule has 3 heterocycles. The van der Waals surface area contributed by atoms with Gasteiger partial charge in [0, 0.05) is 36.6 Å². The fourth-order valence-corrected chi connectivity index (χ4v) is 2.60. The quantitative estimate of drug-likeness (QED) is 0.846. The summed E-state index contributed by atoms with van der Waals surface area (Å²) in [5.41, 5.74) is 2.07. The molecule has 1 atom stereocenters. The monoisotopic (exact) mass is 285 g/mol. The Morgan fingerprint density at radius 1 is 1.29 bits per heavy atom. The maximum atomic E-state index is 5.73. The highest BCUT2D eigenvalue weighted by molar-refractivity contribution is 5.36. The van der Waals surface area contributed by atoms with E-state index in [9.17, 15) is 0 Å². The number of nitrogens with zero attached hydrogens (tertiary/aromatic N) is 5. The molecule has 21 heavy (non-hydrogen) atoms. The maximum absolute atomic E-state index is 5.73. The zero-order valence-electron chi connectivity index (χ0n) is 12.1. The van der Waals surface area contributed by atoms with Crippen molar-refractivity contribution in [3.63, 3.8) is 0 Å². The van der Waals surface area contributed by atoms with Crippen molar-refractivity contribution in [2.24, 2.45) is 5.92 Å². The first-order valence-corrected chi connectivity index (χ1v) is 7.17. The van der Waals surface area contributed by atoms with Crippen molar-refractivity contribution >= 4 is 5.82 Å². The largest absolute Gasteiger partial charge is 0.379 e. The van der Waals surface area contributed by atoms with Gasteiger partial charge >= 0.3 is 0 Å². The maximum Gasteiger partial charge on any atom is 0.131 e. The van der Waals surface area contributed by atoms with Crippen LogP contribution in [0.2, 0.25) is 0 Å². The van der Waals surface area contributed by atoms with Crippen LogP contribution in [0.5, 0.6) is 0 Å². The van der Waals surface area contributed by atoms with E-state index in [0.717, 1.165) is 49.9 Å². The van der Waals surface area contributed by atoms with E-state index in [1.54, 1.807) is 18.9 Å². The summed E-state index contributed by atoms with van der Waals surface area (Å²) < 4.78 is 5.73. The highest BCUT2D eigenvalue weighted by Crippen LogP contribution is 2.17. The van der Waals surface area contributed by atoms with Gasteiger partial charge in [-0.25, -0.2) is 19.9 Å². The number of aromatic nitrogens is 4. The number of rotatable bonds is 3. The molecule has 1 aliphatic rings. The summed E-state index contributed by atoms with van der Waals surface area (Å²) in [6.07, 6.45) is 5.89. The van der Waals surface area contributed by atoms with Crippen LogP contribution in [-0.2, 0) is 11.2 Å². The second-order valence-electron chi connectivity index (χ2n) is 5.31. The third-order valence-electron chi connectivity index (χ3n) is 3.59. The van der Waals surface area contributed by atoms with Gasteiger partial charge in [0.15, 0.2) is 0 Å². The van der Waals surface area contributed by atoms with Crippen molar-refractivity contribution in [1.82, 2.24) is 19.9 Å². The predicted molar refractivity (Wildman–Crippen MR) is 79.0 cm³/mol. The Kier molecular flexibility index (Phi) is 4.35. The Labute approximate surface area is 124 Å². The first-order chi connectivity index (χ1) is 10.3. The molecule has 2 aromatic rings. The number of hydrogen-bond acceptors (Lipinski definition) is 6. The Hall–Kier alpha value is -2.08. The van der Waals surface area contributed by atoms with Crippen LogP contribution in [0, 0.1) is 12.8 Å². The van der Waals surface area contributed by atoms with Gasteiger partial charge in [0.2, 0.25) is 0 Å². The van der Waals surface area contributed by atoms with Crippen LogP contribution in [-0.4, -0.2) is 46.2 Å². The van der Waals surface area contributed by atoms with E-state index in [0.29, 0.717) is 5.92 Å². The van der Waals surface area contributed by atoms with Crippen molar-refractivity contribution in [3.8, 4) is 0 Å². The van der Waals surface area contributed by atoms with Crippen LogP contribution >= 0.6 is 0 Å². The van der Waals surface area contributed by atoms with E-state index in [-0.39, 0.29) is 0 Å². The highest BCUT2D eigenvalue weighted by atomic mass is 16.5. The molecule has 1 aliphatic heterocycles. The summed E-state index contributed by atoms with van der Waals surface area (Å²) in [5.74, 6) is 1.36. The predicted octanol–water partition coefficient (Wildman–Crippen LogP) is 1.27. The normalized spacial score (nSPS) is 19.3. The average molecular weight is 285 g/mol. The third-order valence-corrected chi connectivity index (χ3v) is 3.59. The van der Waals surface area contributed by atoms with Crippen molar-refractivity contribution in [1.29, 1.82) is 0 Å². The minimum atomic E-state index is 0.400. The van der Waals surface area contributed by atoms with Gasteiger partial charge in [0.25, 0.3) is 0 Å². The SMILES string of the molecule is Cc1cc(C[C@H]2COCCN(c3ccncn3)C2)ncn1. The molecule has 0 radical (unpaired) electrons. The van der Waals surface area contributed by atoms with Crippen LogP contribution in [0.4, 0.5) is 5.82 Å². The van der Waals surface area contributed by atoms with Gasteiger partial charge in [0.1, 0.15) is 18.5 Å². The van der Waals surface area contributed by atoms with Gasteiger partial charge in [-0.15, -0.1) is 0 Å². The molecule has 0 amide bonds. The van der Waals surface area contributed by atoms with Gasteiger partial charge in [-0.2, -0.15) is 0 Å². The zero-order chi connectivity index (χ0) is 14.5. The molecule has 1 fully saturated rings. The minimum Gasteiger partial charge on any atom is -0.379 e. The molecule has 1 saturated heterocycles. The summed E-state index contributed by atoms with van der Waals surface area (Å²) in [4.78, 5) is 19.1. The van der Waals surface area contributed by atoms with Gasteiger partial charge < -0.3 is 9.64 Å². The van der Waals surface area contributed by atoms with E-state index in [1.165, 1.54) is 0 Å². The van der Waals surface area contributed by atoms with E-state index >= 15 is 0 Å². The molecule has 0 unspecified atom stereocenters. The molecule has 0 aromatic carbocycles. The molecule has 3 rings (SSSR count). The second kappa shape index (κ2) is 6.58. The van der Waals surface area contributed by atoms with Crippen molar-refractivity contribution in [2.75, 3.05) is 31.2 Å². The van der Waals surface area contributed by atoms with Crippen LogP contribution in [0.25, 0.3) is 0 Å². The van der Waals surface area contributed by atoms with Crippen LogP contribution < -0.4 is 4.90 Å². The smallest absolute Gasteiger partial charge is 0.131 e. The molecular formula is C15H19N5O. The molecule has 0 aliphatic carbocycles. The lowest BCUT2D eigenvalue weighted by Crippen LogP contribution is -2.31. The van der Waals surface area contributed by atoms with E-state index in [2.05, 4.69) is 24.8 Å². The molecule has 0 bridgehead atoms. The third kappa shape index (κ3) is 3.72. The topological polar surface area (TPSA) is 64.0 Å². The molecule has 110 valence electrons. The van der Waals surface area contributed by atoms with Crippen LogP contribution in [0.15, 0.2) is 31.0 Å². The average Bonchev–Trinajstić information content (AvgIpc) is 2.74. The fourth-order valence-electron chi connectivity index (χ4n) is 2.60. The van der Waals surface area contributed by atoms with Crippen molar-refractivity contribution in [2.45, 2.75) is 13.3 Å². The molecule has 0 saturated carbocycles. The Morgan fingerprint density at radius 2 is 2.24 bits per heavy atom. The van der Waals surface area contributed by atoms with Crippen LogP contribution in [0.1, 0.15) is 11.4 Å². The minimum absolute atomic E-state index is 0.400. The van der Waals surface area contributed by atoms with Gasteiger partial charge in [-0.1, -0.05) is 0 Å². The number of hydrogen-bond donors (Lipinski definition) is 0. The van der Waals surface area contributed by atoms with Gasteiger partial charge in [-0.3, -0.25) is 0 Å². The lowest BCUT2D eigenvalue weighted by Gasteiger charge is -2.24. The summed E-state index contributed by atoms with van der Waals surface area (Å²) >= 11 is 0. The number of aryl methyl sites for hydroxylation is 1. The lowest BCUT2D eigenvalue weighted by molar-refractivity contribution is 0.123. The number of anilines is 1.